The van der Waals surface area contributed by atoms with E-state index in [4.69, 9.17) is 9.15 Å². The van der Waals surface area contributed by atoms with Gasteiger partial charge in [0.15, 0.2) is 11.5 Å². The predicted octanol–water partition coefficient (Wildman–Crippen LogP) is 3.23. The van der Waals surface area contributed by atoms with Crippen LogP contribution in [0.5, 0.6) is 0 Å². The van der Waals surface area contributed by atoms with Crippen LogP contribution in [0.1, 0.15) is 18.2 Å². The van der Waals surface area contributed by atoms with Crippen LogP contribution in [0.2, 0.25) is 0 Å². The fraction of sp³-hybridized carbons (Fsp3) is 0.154. The summed E-state index contributed by atoms with van der Waals surface area (Å²) in [6.45, 7) is 10.5. The van der Waals surface area contributed by atoms with E-state index in [1.807, 2.05) is 6.92 Å². The first-order valence-electron chi connectivity index (χ1n) is 4.81. The first-order chi connectivity index (χ1) is 7.56. The van der Waals surface area contributed by atoms with Crippen LogP contribution in [0.4, 0.5) is 0 Å². The number of carbonyl (C=O) groups is 1. The van der Waals surface area contributed by atoms with Crippen LogP contribution in [-0.2, 0) is 9.53 Å². The lowest BCUT2D eigenvalue weighted by Crippen LogP contribution is -2.04. The van der Waals surface area contributed by atoms with Crippen molar-refractivity contribution in [3.63, 3.8) is 0 Å². The van der Waals surface area contributed by atoms with Gasteiger partial charge in [0, 0.05) is 5.57 Å². The molecule has 84 valence electrons. The van der Waals surface area contributed by atoms with Crippen molar-refractivity contribution in [2.45, 2.75) is 13.8 Å². The second-order valence-electron chi connectivity index (χ2n) is 3.37. The summed E-state index contributed by atoms with van der Waals surface area (Å²) >= 11 is 0. The Labute approximate surface area is 94.7 Å². The van der Waals surface area contributed by atoms with Crippen LogP contribution in [-0.4, -0.2) is 5.97 Å². The summed E-state index contributed by atoms with van der Waals surface area (Å²) in [4.78, 5) is 11.4. The first kappa shape index (κ1) is 12.0. The summed E-state index contributed by atoms with van der Waals surface area (Å²) in [5, 5.41) is 0. The lowest BCUT2D eigenvalue weighted by Gasteiger charge is -2.06. The molecule has 1 rings (SSSR count). The molecule has 0 N–H and O–H groups in total. The number of ether oxygens (including phenoxy) is 1. The van der Waals surface area contributed by atoms with E-state index in [9.17, 15) is 4.79 Å². The molecule has 16 heavy (non-hydrogen) atoms. The lowest BCUT2D eigenvalue weighted by atomic mass is 10.2. The molecule has 3 heteroatoms. The Hall–Kier alpha value is -2.03. The minimum absolute atomic E-state index is 0.333. The van der Waals surface area contributed by atoms with Crippen molar-refractivity contribution in [1.82, 2.24) is 0 Å². The van der Waals surface area contributed by atoms with Crippen molar-refractivity contribution < 1.29 is 13.9 Å². The highest BCUT2D eigenvalue weighted by atomic mass is 16.5. The van der Waals surface area contributed by atoms with E-state index in [1.54, 1.807) is 19.1 Å². The molecule has 0 aliphatic rings. The quantitative estimate of drug-likeness (QED) is 0.337. The molecule has 1 aromatic heterocycles. The molecular formula is C13H14O3. The van der Waals surface area contributed by atoms with Crippen LogP contribution in [0.25, 0.3) is 5.76 Å². The molecule has 1 aromatic rings. The molecule has 0 atom stereocenters. The van der Waals surface area contributed by atoms with Gasteiger partial charge in [0.2, 0.25) is 0 Å². The van der Waals surface area contributed by atoms with Gasteiger partial charge in [-0.05, 0) is 31.6 Å². The maximum Gasteiger partial charge on any atom is 0.338 e. The molecule has 0 saturated heterocycles. The number of carbonyl (C=O) groups excluding carboxylic acids is 1. The first-order valence-corrected chi connectivity index (χ1v) is 4.81. The maximum atomic E-state index is 11.4. The van der Waals surface area contributed by atoms with Gasteiger partial charge in [0.25, 0.3) is 0 Å². The molecule has 0 spiro atoms. The minimum atomic E-state index is -0.482. The lowest BCUT2D eigenvalue weighted by molar-refractivity contribution is -0.132. The average molecular weight is 218 g/mol. The molecule has 0 aromatic carbocycles. The Balaban J connectivity index is 2.98. The Morgan fingerprint density at radius 3 is 2.69 bits per heavy atom. The molecule has 0 aliphatic carbocycles. The van der Waals surface area contributed by atoms with E-state index < -0.39 is 5.97 Å². The fourth-order valence-electron chi connectivity index (χ4n) is 1.08. The van der Waals surface area contributed by atoms with Gasteiger partial charge in [-0.15, -0.1) is 0 Å². The molecule has 0 unspecified atom stereocenters. The van der Waals surface area contributed by atoms with E-state index in [2.05, 4.69) is 13.2 Å². The van der Waals surface area contributed by atoms with Gasteiger partial charge in [-0.25, -0.2) is 4.79 Å². The van der Waals surface area contributed by atoms with E-state index in [1.165, 1.54) is 12.3 Å². The monoisotopic (exact) mass is 218 g/mol. The molecule has 0 fully saturated rings. The molecule has 0 amide bonds. The normalized spacial score (nSPS) is 11.0. The third-order valence-corrected chi connectivity index (χ3v) is 1.91. The highest BCUT2D eigenvalue weighted by Gasteiger charge is 2.14. The zero-order valence-corrected chi connectivity index (χ0v) is 9.45. The largest absolute Gasteiger partial charge is 0.461 e. The molecule has 0 radical (unpaired) electrons. The highest BCUT2D eigenvalue weighted by molar-refractivity contribution is 5.91. The van der Waals surface area contributed by atoms with Gasteiger partial charge >= 0.3 is 5.97 Å². The number of esters is 1. The third kappa shape index (κ3) is 2.73. The number of hydrogen-bond acceptors (Lipinski definition) is 3. The van der Waals surface area contributed by atoms with Crippen LogP contribution >= 0.6 is 0 Å². The van der Waals surface area contributed by atoms with Crippen molar-refractivity contribution in [3.8, 4) is 0 Å². The molecular weight excluding hydrogens is 204 g/mol. The SMILES string of the molecule is C=C/C=C(/OC(=O)C(=C)C)c1occc1C. The zero-order valence-electron chi connectivity index (χ0n) is 9.45. The maximum absolute atomic E-state index is 11.4. The smallest absolute Gasteiger partial charge is 0.338 e. The van der Waals surface area contributed by atoms with Crippen LogP contribution in [0.3, 0.4) is 0 Å². The Morgan fingerprint density at radius 1 is 1.56 bits per heavy atom. The summed E-state index contributed by atoms with van der Waals surface area (Å²) in [5.74, 6) is 0.379. The van der Waals surface area contributed by atoms with Gasteiger partial charge in [0.05, 0.1) is 6.26 Å². The Bertz CT molecular complexity index is 449. The molecule has 0 aliphatic heterocycles. The van der Waals surface area contributed by atoms with Gasteiger partial charge < -0.3 is 9.15 Å². The van der Waals surface area contributed by atoms with Crippen molar-refractivity contribution in [1.29, 1.82) is 0 Å². The minimum Gasteiger partial charge on any atom is -0.461 e. The van der Waals surface area contributed by atoms with Gasteiger partial charge in [0.1, 0.15) is 0 Å². The van der Waals surface area contributed by atoms with Crippen molar-refractivity contribution >= 4 is 11.7 Å². The van der Waals surface area contributed by atoms with Gasteiger partial charge in [-0.2, -0.15) is 0 Å². The summed E-state index contributed by atoms with van der Waals surface area (Å²) in [6.07, 6.45) is 4.64. The second-order valence-corrected chi connectivity index (χ2v) is 3.37. The second kappa shape index (κ2) is 5.16. The van der Waals surface area contributed by atoms with Crippen molar-refractivity contribution in [3.05, 3.63) is 54.5 Å². The summed E-state index contributed by atoms with van der Waals surface area (Å²) in [7, 11) is 0. The predicted molar refractivity (Wildman–Crippen MR) is 62.5 cm³/mol. The number of aryl methyl sites for hydroxylation is 1. The molecule has 0 bridgehead atoms. The van der Waals surface area contributed by atoms with Crippen LogP contribution in [0.15, 0.2) is 47.6 Å². The van der Waals surface area contributed by atoms with Crippen LogP contribution < -0.4 is 0 Å². The number of allylic oxidation sites excluding steroid dienone is 2. The summed E-state index contributed by atoms with van der Waals surface area (Å²) < 4.78 is 10.4. The standard InChI is InChI=1S/C13H14O3/c1-5-6-11(16-13(14)9(2)3)12-10(4)7-8-15-12/h5-8H,1-2H2,3-4H3/b11-6+. The number of hydrogen-bond donors (Lipinski definition) is 0. The summed E-state index contributed by atoms with van der Waals surface area (Å²) in [6, 6.07) is 1.79. The third-order valence-electron chi connectivity index (χ3n) is 1.91. The highest BCUT2D eigenvalue weighted by Crippen LogP contribution is 2.22. The van der Waals surface area contributed by atoms with Crippen molar-refractivity contribution in [2.24, 2.45) is 0 Å². The van der Waals surface area contributed by atoms with Gasteiger partial charge in [-0.1, -0.05) is 19.2 Å². The van der Waals surface area contributed by atoms with Gasteiger partial charge in [-0.3, -0.25) is 0 Å². The van der Waals surface area contributed by atoms with E-state index in [0.29, 0.717) is 17.1 Å². The number of rotatable bonds is 4. The zero-order chi connectivity index (χ0) is 12.1. The average Bonchev–Trinajstić information content (AvgIpc) is 2.63. The fourth-order valence-corrected chi connectivity index (χ4v) is 1.08. The molecule has 1 heterocycles. The van der Waals surface area contributed by atoms with Crippen LogP contribution in [0, 0.1) is 6.92 Å². The number of furan rings is 1. The summed E-state index contributed by atoms with van der Waals surface area (Å²) in [5.41, 5.74) is 1.22. The van der Waals surface area contributed by atoms with E-state index in [0.717, 1.165) is 5.56 Å². The van der Waals surface area contributed by atoms with Crippen molar-refractivity contribution in [2.75, 3.05) is 0 Å². The topological polar surface area (TPSA) is 39.4 Å². The van der Waals surface area contributed by atoms with E-state index in [-0.39, 0.29) is 0 Å². The molecule has 3 nitrogen and oxygen atoms in total. The van der Waals surface area contributed by atoms with E-state index >= 15 is 0 Å². The Kier molecular flexibility index (Phi) is 3.89. The Morgan fingerprint density at radius 2 is 2.25 bits per heavy atom. The molecule has 0 saturated carbocycles.